The molecule has 2 aliphatic rings. The van der Waals surface area contributed by atoms with Crippen molar-refractivity contribution in [1.29, 1.82) is 0 Å². The van der Waals surface area contributed by atoms with Crippen LogP contribution in [0.25, 0.3) is 0 Å². The van der Waals surface area contributed by atoms with E-state index in [2.05, 4.69) is 0 Å². The van der Waals surface area contributed by atoms with Gasteiger partial charge in [0.2, 0.25) is 11.8 Å². The average molecular weight is 347 g/mol. The Morgan fingerprint density at radius 3 is 2.12 bits per heavy atom. The van der Waals surface area contributed by atoms with Gasteiger partial charge in [-0.1, -0.05) is 30.3 Å². The first-order chi connectivity index (χ1) is 11.9. The molecule has 0 spiro atoms. The molecule has 8 nitrogen and oxygen atoms in total. The smallest absolute Gasteiger partial charge is 0.350 e. The molecule has 0 bridgehead atoms. The van der Waals surface area contributed by atoms with Gasteiger partial charge in [0.1, 0.15) is 5.92 Å². The van der Waals surface area contributed by atoms with Crippen LogP contribution in [-0.4, -0.2) is 55.5 Å². The summed E-state index contributed by atoms with van der Waals surface area (Å²) in [5.41, 5.74) is -1.74. The Hall–Kier alpha value is -2.74. The predicted octanol–water partition coefficient (Wildman–Crippen LogP) is 0.0737. The first kappa shape index (κ1) is 17.1. The summed E-state index contributed by atoms with van der Waals surface area (Å²) in [6.45, 7) is 0. The Labute approximate surface area is 143 Å². The minimum Gasteiger partial charge on any atom is -0.466 e. The first-order valence-corrected chi connectivity index (χ1v) is 7.61. The molecule has 0 aliphatic carbocycles. The molecular formula is C17H17NO7. The summed E-state index contributed by atoms with van der Waals surface area (Å²) in [6, 6.07) is 8.63. The SMILES string of the molecule is COC(=O)C1(C(=O)OC)O[C@H](c2ccccc2)[C@@H]2C(=O)N(C)C(=O)[C@H]21. The highest BCUT2D eigenvalue weighted by Crippen LogP contribution is 2.53. The van der Waals surface area contributed by atoms with Crippen LogP contribution in [0.2, 0.25) is 0 Å². The van der Waals surface area contributed by atoms with E-state index in [1.165, 1.54) is 7.05 Å². The molecule has 0 unspecified atom stereocenters. The van der Waals surface area contributed by atoms with Crippen LogP contribution in [0.15, 0.2) is 30.3 Å². The minimum atomic E-state index is -2.31. The quantitative estimate of drug-likeness (QED) is 0.433. The van der Waals surface area contributed by atoms with Crippen LogP contribution >= 0.6 is 0 Å². The zero-order valence-corrected chi connectivity index (χ0v) is 13.9. The van der Waals surface area contributed by atoms with Crippen molar-refractivity contribution in [3.05, 3.63) is 35.9 Å². The van der Waals surface area contributed by atoms with E-state index in [9.17, 15) is 19.2 Å². The minimum absolute atomic E-state index is 0.515. The second-order valence-corrected chi connectivity index (χ2v) is 5.91. The summed E-state index contributed by atoms with van der Waals surface area (Å²) < 4.78 is 15.2. The van der Waals surface area contributed by atoms with Crippen molar-refractivity contribution in [3.63, 3.8) is 0 Å². The zero-order valence-electron chi connectivity index (χ0n) is 13.9. The number of nitrogens with zero attached hydrogens (tertiary/aromatic N) is 1. The number of amides is 2. The molecule has 2 aliphatic heterocycles. The van der Waals surface area contributed by atoms with Crippen LogP contribution in [0.3, 0.4) is 0 Å². The number of rotatable bonds is 3. The summed E-state index contributed by atoms with van der Waals surface area (Å²) in [5, 5.41) is 0. The highest BCUT2D eigenvalue weighted by molar-refractivity contribution is 6.15. The number of benzene rings is 1. The van der Waals surface area contributed by atoms with Crippen LogP contribution in [0, 0.1) is 11.8 Å². The van der Waals surface area contributed by atoms with Gasteiger partial charge in [0.15, 0.2) is 0 Å². The fraction of sp³-hybridized carbons (Fsp3) is 0.412. The maximum absolute atomic E-state index is 12.6. The lowest BCUT2D eigenvalue weighted by Crippen LogP contribution is -2.55. The van der Waals surface area contributed by atoms with Crippen molar-refractivity contribution < 1.29 is 33.4 Å². The molecular weight excluding hydrogens is 330 g/mol. The predicted molar refractivity (Wildman–Crippen MR) is 81.8 cm³/mol. The molecule has 3 rings (SSSR count). The molecule has 0 aromatic heterocycles. The molecule has 2 fully saturated rings. The van der Waals surface area contributed by atoms with Crippen LogP contribution in [0.5, 0.6) is 0 Å². The Balaban J connectivity index is 2.20. The molecule has 2 amide bonds. The van der Waals surface area contributed by atoms with E-state index in [4.69, 9.17) is 14.2 Å². The third-order valence-electron chi connectivity index (χ3n) is 4.75. The van der Waals surface area contributed by atoms with Gasteiger partial charge in [-0.15, -0.1) is 0 Å². The number of likely N-dealkylation sites (tertiary alicyclic amines) is 1. The summed E-state index contributed by atoms with van der Waals surface area (Å²) in [4.78, 5) is 51.1. The van der Waals surface area contributed by atoms with Gasteiger partial charge >= 0.3 is 11.9 Å². The van der Waals surface area contributed by atoms with Crippen molar-refractivity contribution in [2.45, 2.75) is 11.7 Å². The number of hydrogen-bond acceptors (Lipinski definition) is 7. The number of ether oxygens (including phenoxy) is 3. The van der Waals surface area contributed by atoms with Crippen LogP contribution in [0.4, 0.5) is 0 Å². The van der Waals surface area contributed by atoms with Gasteiger partial charge in [0.25, 0.3) is 5.60 Å². The van der Waals surface area contributed by atoms with Crippen molar-refractivity contribution in [2.75, 3.05) is 21.3 Å². The van der Waals surface area contributed by atoms with Gasteiger partial charge in [-0.05, 0) is 5.56 Å². The molecule has 8 heteroatoms. The average Bonchev–Trinajstić information content (AvgIpc) is 3.12. The van der Waals surface area contributed by atoms with Gasteiger partial charge in [0, 0.05) is 7.05 Å². The van der Waals surface area contributed by atoms with Gasteiger partial charge in [-0.3, -0.25) is 14.5 Å². The van der Waals surface area contributed by atoms with E-state index >= 15 is 0 Å². The summed E-state index contributed by atoms with van der Waals surface area (Å²) in [6.07, 6.45) is -0.953. The molecule has 0 N–H and O–H groups in total. The zero-order chi connectivity index (χ0) is 18.4. The fourth-order valence-electron chi connectivity index (χ4n) is 3.57. The van der Waals surface area contributed by atoms with Crippen LogP contribution in [-0.2, 0) is 33.4 Å². The maximum Gasteiger partial charge on any atom is 0.350 e. The molecule has 3 atom stereocenters. The summed E-state index contributed by atoms with van der Waals surface area (Å²) >= 11 is 0. The van der Waals surface area contributed by atoms with Gasteiger partial charge in [-0.2, -0.15) is 0 Å². The maximum atomic E-state index is 12.6. The number of carbonyl (C=O) groups excluding carboxylic acids is 4. The highest BCUT2D eigenvalue weighted by atomic mass is 16.6. The van der Waals surface area contributed by atoms with E-state index in [1.807, 2.05) is 0 Å². The summed E-state index contributed by atoms with van der Waals surface area (Å²) in [5.74, 6) is -5.68. The third kappa shape index (κ3) is 2.17. The Kier molecular flexibility index (Phi) is 4.08. The van der Waals surface area contributed by atoms with Gasteiger partial charge in [0.05, 0.1) is 26.2 Å². The lowest BCUT2D eigenvalue weighted by molar-refractivity contribution is -0.192. The van der Waals surface area contributed by atoms with Gasteiger partial charge < -0.3 is 14.2 Å². The lowest BCUT2D eigenvalue weighted by atomic mass is 9.79. The second-order valence-electron chi connectivity index (χ2n) is 5.91. The Bertz CT molecular complexity index is 729. The number of esters is 2. The third-order valence-corrected chi connectivity index (χ3v) is 4.75. The lowest BCUT2D eigenvalue weighted by Gasteiger charge is -2.28. The highest BCUT2D eigenvalue weighted by Gasteiger charge is 2.74. The number of carbonyl (C=O) groups is 4. The molecule has 25 heavy (non-hydrogen) atoms. The fourth-order valence-corrected chi connectivity index (χ4v) is 3.57. The topological polar surface area (TPSA) is 99.2 Å². The van der Waals surface area contributed by atoms with E-state index < -0.39 is 47.3 Å². The molecule has 2 heterocycles. The molecule has 2 saturated heterocycles. The van der Waals surface area contributed by atoms with Crippen LogP contribution in [0.1, 0.15) is 11.7 Å². The molecule has 1 aromatic rings. The van der Waals surface area contributed by atoms with Crippen molar-refractivity contribution in [2.24, 2.45) is 11.8 Å². The molecule has 0 radical (unpaired) electrons. The normalized spacial score (nSPS) is 27.2. The van der Waals surface area contributed by atoms with Crippen LogP contribution < -0.4 is 0 Å². The number of hydrogen-bond donors (Lipinski definition) is 0. The Morgan fingerprint density at radius 1 is 1.04 bits per heavy atom. The van der Waals surface area contributed by atoms with Crippen molar-refractivity contribution in [1.82, 2.24) is 4.90 Å². The van der Waals surface area contributed by atoms with E-state index in [0.717, 1.165) is 19.1 Å². The van der Waals surface area contributed by atoms with E-state index in [1.54, 1.807) is 30.3 Å². The van der Waals surface area contributed by atoms with Gasteiger partial charge in [-0.25, -0.2) is 9.59 Å². The number of methoxy groups -OCH3 is 2. The van der Waals surface area contributed by atoms with E-state index in [-0.39, 0.29) is 0 Å². The summed E-state index contributed by atoms with van der Waals surface area (Å²) in [7, 11) is 3.46. The molecule has 0 saturated carbocycles. The number of fused-ring (bicyclic) bond motifs is 1. The standard InChI is InChI=1S/C17H17NO7/c1-18-13(19)10-11(14(18)20)17(15(21)23-2,16(22)24-3)25-12(10)9-7-5-4-6-8-9/h4-8,10-12H,1-3H3/t10-,11+,12-/m1/s1. The largest absolute Gasteiger partial charge is 0.466 e. The second kappa shape index (κ2) is 5.96. The monoisotopic (exact) mass is 347 g/mol. The Morgan fingerprint density at radius 2 is 1.60 bits per heavy atom. The number of imide groups is 1. The molecule has 1 aromatic carbocycles. The van der Waals surface area contributed by atoms with Crippen molar-refractivity contribution in [3.8, 4) is 0 Å². The molecule has 132 valence electrons. The van der Waals surface area contributed by atoms with E-state index in [0.29, 0.717) is 5.56 Å². The van der Waals surface area contributed by atoms with Crippen molar-refractivity contribution >= 4 is 23.8 Å². The first-order valence-electron chi connectivity index (χ1n) is 7.61.